The predicted molar refractivity (Wildman–Crippen MR) is 96.1 cm³/mol. The fourth-order valence-electron chi connectivity index (χ4n) is 1.96. The Balaban J connectivity index is 2.90. The van der Waals surface area contributed by atoms with Gasteiger partial charge in [-0.05, 0) is 48.6 Å². The highest BCUT2D eigenvalue weighted by atomic mass is 14.0. The first-order valence-corrected chi connectivity index (χ1v) is 7.15. The van der Waals surface area contributed by atoms with Gasteiger partial charge in [-0.1, -0.05) is 79.9 Å². The van der Waals surface area contributed by atoms with E-state index < -0.39 is 0 Å². The minimum atomic E-state index is 0.989. The molecule has 0 bridgehead atoms. The number of hydrogen-bond donors (Lipinski definition) is 0. The van der Waals surface area contributed by atoms with Crippen LogP contribution in [0.3, 0.4) is 0 Å². The van der Waals surface area contributed by atoms with Gasteiger partial charge in [-0.15, -0.1) is 0 Å². The zero-order chi connectivity index (χ0) is 15.7. The number of rotatable bonds is 6. The highest BCUT2D eigenvalue weighted by Gasteiger charge is 1.98. The van der Waals surface area contributed by atoms with E-state index in [1.54, 1.807) is 0 Å². The van der Waals surface area contributed by atoms with Crippen LogP contribution in [-0.2, 0) is 0 Å². The molecule has 0 radical (unpaired) electrons. The van der Waals surface area contributed by atoms with Crippen molar-refractivity contribution in [3.8, 4) is 0 Å². The summed E-state index contributed by atoms with van der Waals surface area (Å²) < 4.78 is 0. The van der Waals surface area contributed by atoms with Crippen LogP contribution < -0.4 is 0 Å². The summed E-state index contributed by atoms with van der Waals surface area (Å²) in [6, 6.07) is 10.4. The first-order valence-electron chi connectivity index (χ1n) is 7.15. The fourth-order valence-corrected chi connectivity index (χ4v) is 1.96. The SMILES string of the molecule is C=C/C(C)=C(\C=C/C)C(=C)/C=C\C=C(/C)c1ccccc1. The molecular weight excluding hydrogens is 252 g/mol. The molecular formula is C21H24. The monoisotopic (exact) mass is 276 g/mol. The maximum absolute atomic E-state index is 4.14. The van der Waals surface area contributed by atoms with Gasteiger partial charge in [0.1, 0.15) is 0 Å². The quantitative estimate of drug-likeness (QED) is 0.536. The van der Waals surface area contributed by atoms with Gasteiger partial charge in [-0.2, -0.15) is 0 Å². The van der Waals surface area contributed by atoms with E-state index in [0.29, 0.717) is 0 Å². The van der Waals surface area contributed by atoms with E-state index in [2.05, 4.69) is 56.5 Å². The maximum atomic E-state index is 4.14. The average Bonchev–Trinajstić information content (AvgIpc) is 2.52. The van der Waals surface area contributed by atoms with Crippen molar-refractivity contribution in [1.29, 1.82) is 0 Å². The molecule has 1 aromatic carbocycles. The molecule has 0 unspecified atom stereocenters. The van der Waals surface area contributed by atoms with Crippen molar-refractivity contribution < 1.29 is 0 Å². The molecule has 0 heterocycles. The minimum absolute atomic E-state index is 0.989. The Hall–Kier alpha value is -2.34. The summed E-state index contributed by atoms with van der Waals surface area (Å²) in [6.45, 7) is 14.1. The summed E-state index contributed by atoms with van der Waals surface area (Å²) in [4.78, 5) is 0. The zero-order valence-electron chi connectivity index (χ0n) is 13.3. The van der Waals surface area contributed by atoms with E-state index in [9.17, 15) is 0 Å². The number of allylic oxidation sites excluding steroid dienone is 10. The van der Waals surface area contributed by atoms with Gasteiger partial charge in [-0.3, -0.25) is 0 Å². The van der Waals surface area contributed by atoms with Gasteiger partial charge in [0, 0.05) is 0 Å². The van der Waals surface area contributed by atoms with Gasteiger partial charge in [0.2, 0.25) is 0 Å². The van der Waals surface area contributed by atoms with Crippen LogP contribution in [0.1, 0.15) is 26.3 Å². The molecule has 0 nitrogen and oxygen atoms in total. The van der Waals surface area contributed by atoms with Gasteiger partial charge < -0.3 is 0 Å². The molecule has 108 valence electrons. The van der Waals surface area contributed by atoms with Gasteiger partial charge in [0.15, 0.2) is 0 Å². The topological polar surface area (TPSA) is 0 Å². The second-order valence-corrected chi connectivity index (χ2v) is 4.90. The first kappa shape index (κ1) is 16.7. The predicted octanol–water partition coefficient (Wildman–Crippen LogP) is 6.28. The molecule has 0 aliphatic carbocycles. The Morgan fingerprint density at radius 2 is 1.71 bits per heavy atom. The Bertz CT molecular complexity index is 605. The lowest BCUT2D eigenvalue weighted by Crippen LogP contribution is -1.85. The molecule has 0 aliphatic rings. The van der Waals surface area contributed by atoms with Crippen LogP contribution in [0.2, 0.25) is 0 Å². The van der Waals surface area contributed by atoms with E-state index in [-0.39, 0.29) is 0 Å². The molecule has 0 spiro atoms. The van der Waals surface area contributed by atoms with Crippen LogP contribution in [0, 0.1) is 0 Å². The summed E-state index contributed by atoms with van der Waals surface area (Å²) in [5.74, 6) is 0. The summed E-state index contributed by atoms with van der Waals surface area (Å²) in [5.41, 5.74) is 5.71. The van der Waals surface area contributed by atoms with E-state index in [4.69, 9.17) is 0 Å². The van der Waals surface area contributed by atoms with Crippen molar-refractivity contribution in [3.63, 3.8) is 0 Å². The van der Waals surface area contributed by atoms with Crippen molar-refractivity contribution in [2.75, 3.05) is 0 Å². The Morgan fingerprint density at radius 1 is 1.05 bits per heavy atom. The van der Waals surface area contributed by atoms with E-state index in [1.807, 2.05) is 44.2 Å². The summed E-state index contributed by atoms with van der Waals surface area (Å²) in [7, 11) is 0. The van der Waals surface area contributed by atoms with Crippen LogP contribution in [0.4, 0.5) is 0 Å². The van der Waals surface area contributed by atoms with Gasteiger partial charge in [0.25, 0.3) is 0 Å². The molecule has 0 heteroatoms. The maximum Gasteiger partial charge on any atom is -0.0164 e. The summed E-state index contributed by atoms with van der Waals surface area (Å²) >= 11 is 0. The van der Waals surface area contributed by atoms with Crippen LogP contribution in [0.25, 0.3) is 5.57 Å². The molecule has 0 N–H and O–H groups in total. The van der Waals surface area contributed by atoms with Crippen molar-refractivity contribution in [2.45, 2.75) is 20.8 Å². The molecule has 0 aromatic heterocycles. The standard InChI is InChI=1S/C21H24/c1-6-12-21(17(3)7-2)19(5)14-11-13-18(4)20-15-9-8-10-16-20/h6-16H,2,5H2,1,3-4H3/b12-6-,14-11-,18-13+,21-17+. The third-order valence-corrected chi connectivity index (χ3v) is 3.28. The van der Waals surface area contributed by atoms with Crippen molar-refractivity contribution in [2.24, 2.45) is 0 Å². The largest absolute Gasteiger partial charge is 0.0988 e. The van der Waals surface area contributed by atoms with E-state index in [0.717, 1.165) is 16.7 Å². The smallest absolute Gasteiger partial charge is 0.0164 e. The molecule has 0 amide bonds. The molecule has 1 rings (SSSR count). The van der Waals surface area contributed by atoms with Crippen molar-refractivity contribution in [1.82, 2.24) is 0 Å². The van der Waals surface area contributed by atoms with E-state index in [1.165, 1.54) is 11.1 Å². The summed E-state index contributed by atoms with van der Waals surface area (Å²) in [5, 5.41) is 0. The first-order chi connectivity index (χ1) is 10.1. The van der Waals surface area contributed by atoms with E-state index >= 15 is 0 Å². The zero-order valence-corrected chi connectivity index (χ0v) is 13.3. The van der Waals surface area contributed by atoms with Crippen LogP contribution in [-0.4, -0.2) is 0 Å². The van der Waals surface area contributed by atoms with Crippen LogP contribution >= 0.6 is 0 Å². The lowest BCUT2D eigenvalue weighted by atomic mass is 10.0. The van der Waals surface area contributed by atoms with Gasteiger partial charge >= 0.3 is 0 Å². The number of hydrogen-bond acceptors (Lipinski definition) is 0. The number of benzene rings is 1. The second kappa shape index (κ2) is 8.76. The molecule has 1 aromatic rings. The Labute approximate surface area is 129 Å². The third-order valence-electron chi connectivity index (χ3n) is 3.28. The van der Waals surface area contributed by atoms with Crippen LogP contribution in [0.15, 0.2) is 96.7 Å². The lowest BCUT2D eigenvalue weighted by Gasteiger charge is -2.05. The highest BCUT2D eigenvalue weighted by Crippen LogP contribution is 2.18. The molecule has 0 atom stereocenters. The Kier molecular flexibility index (Phi) is 6.97. The fraction of sp³-hybridized carbons (Fsp3) is 0.143. The molecule has 0 aliphatic heterocycles. The second-order valence-electron chi connectivity index (χ2n) is 4.90. The highest BCUT2D eigenvalue weighted by molar-refractivity contribution is 5.65. The molecule has 0 fully saturated rings. The normalized spacial score (nSPS) is 13.6. The third kappa shape index (κ3) is 5.27. The van der Waals surface area contributed by atoms with Crippen LogP contribution in [0.5, 0.6) is 0 Å². The van der Waals surface area contributed by atoms with Gasteiger partial charge in [-0.25, -0.2) is 0 Å². The van der Waals surface area contributed by atoms with Crippen molar-refractivity contribution >= 4 is 5.57 Å². The lowest BCUT2D eigenvalue weighted by molar-refractivity contribution is 1.41. The Morgan fingerprint density at radius 3 is 2.29 bits per heavy atom. The summed E-state index contributed by atoms with van der Waals surface area (Å²) in [6.07, 6.45) is 12.1. The molecule has 0 saturated carbocycles. The average molecular weight is 276 g/mol. The minimum Gasteiger partial charge on any atom is -0.0988 e. The molecule has 21 heavy (non-hydrogen) atoms. The van der Waals surface area contributed by atoms with Crippen molar-refractivity contribution in [3.05, 3.63) is 102 Å². The van der Waals surface area contributed by atoms with Gasteiger partial charge in [0.05, 0.1) is 0 Å². The molecule has 0 saturated heterocycles.